The van der Waals surface area contributed by atoms with Gasteiger partial charge in [0.05, 0.1) is 5.02 Å². The number of terminal acetylenes is 1. The van der Waals surface area contributed by atoms with Gasteiger partial charge in [-0.1, -0.05) is 17.5 Å². The molecule has 1 N–H and O–H groups in total. The predicted octanol–water partition coefficient (Wildman–Crippen LogP) is 2.40. The van der Waals surface area contributed by atoms with Crippen molar-refractivity contribution in [3.05, 3.63) is 33.3 Å². The van der Waals surface area contributed by atoms with E-state index in [-0.39, 0.29) is 12.5 Å². The SMILES string of the molecule is C#CCONC(=O)c1ccc(Cl)c(Br)c1. The van der Waals surface area contributed by atoms with Gasteiger partial charge >= 0.3 is 0 Å². The largest absolute Gasteiger partial charge is 0.274 e. The minimum atomic E-state index is -0.373. The highest BCUT2D eigenvalue weighted by atomic mass is 79.9. The molecule has 0 fully saturated rings. The van der Waals surface area contributed by atoms with Crippen LogP contribution in [0.3, 0.4) is 0 Å². The summed E-state index contributed by atoms with van der Waals surface area (Å²) in [6.45, 7) is 0.0283. The minimum Gasteiger partial charge on any atom is -0.267 e. The normalized spacial score (nSPS) is 9.40. The van der Waals surface area contributed by atoms with Crippen LogP contribution in [0.5, 0.6) is 0 Å². The van der Waals surface area contributed by atoms with Crippen LogP contribution in [0, 0.1) is 12.3 Å². The van der Waals surface area contributed by atoms with E-state index in [4.69, 9.17) is 18.0 Å². The van der Waals surface area contributed by atoms with Crippen LogP contribution in [0.1, 0.15) is 10.4 Å². The number of carbonyl (C=O) groups is 1. The lowest BCUT2D eigenvalue weighted by molar-refractivity contribution is 0.0438. The molecule has 0 bridgehead atoms. The fraction of sp³-hybridized carbons (Fsp3) is 0.100. The van der Waals surface area contributed by atoms with Gasteiger partial charge in [0.15, 0.2) is 0 Å². The highest BCUT2D eigenvalue weighted by Crippen LogP contribution is 2.23. The number of nitrogens with one attached hydrogen (secondary N) is 1. The lowest BCUT2D eigenvalue weighted by Gasteiger charge is -2.04. The van der Waals surface area contributed by atoms with Crippen LogP contribution >= 0.6 is 27.5 Å². The zero-order valence-corrected chi connectivity index (χ0v) is 9.93. The van der Waals surface area contributed by atoms with Crippen LogP contribution in [0.15, 0.2) is 22.7 Å². The maximum absolute atomic E-state index is 11.4. The van der Waals surface area contributed by atoms with E-state index in [2.05, 4.69) is 32.2 Å². The molecule has 0 aliphatic rings. The molecule has 0 radical (unpaired) electrons. The first-order valence-electron chi connectivity index (χ1n) is 3.96. The van der Waals surface area contributed by atoms with Crippen molar-refractivity contribution >= 4 is 33.4 Å². The van der Waals surface area contributed by atoms with Crippen LogP contribution < -0.4 is 5.48 Å². The Balaban J connectivity index is 2.67. The summed E-state index contributed by atoms with van der Waals surface area (Å²) in [5.41, 5.74) is 2.63. The molecule has 0 aliphatic heterocycles. The summed E-state index contributed by atoms with van der Waals surface area (Å²) in [5, 5.41) is 0.538. The highest BCUT2D eigenvalue weighted by Gasteiger charge is 2.07. The summed E-state index contributed by atoms with van der Waals surface area (Å²) in [7, 11) is 0. The first-order chi connectivity index (χ1) is 7.15. The topological polar surface area (TPSA) is 38.3 Å². The van der Waals surface area contributed by atoms with E-state index in [0.717, 1.165) is 0 Å². The Morgan fingerprint density at radius 1 is 1.67 bits per heavy atom. The van der Waals surface area contributed by atoms with Gasteiger partial charge in [-0.15, -0.1) is 6.42 Å². The Kier molecular flexibility index (Phi) is 4.63. The summed E-state index contributed by atoms with van der Waals surface area (Å²) < 4.78 is 0.647. The third-order valence-corrected chi connectivity index (χ3v) is 2.72. The molecular weight excluding hydrogens is 281 g/mol. The van der Waals surface area contributed by atoms with Crippen molar-refractivity contribution in [2.45, 2.75) is 0 Å². The molecule has 15 heavy (non-hydrogen) atoms. The molecule has 0 unspecified atom stereocenters. The second-order valence-corrected chi connectivity index (χ2v) is 3.81. The fourth-order valence-corrected chi connectivity index (χ4v) is 1.34. The van der Waals surface area contributed by atoms with Gasteiger partial charge in [0, 0.05) is 10.0 Å². The second-order valence-electron chi connectivity index (χ2n) is 2.55. The van der Waals surface area contributed by atoms with Gasteiger partial charge in [-0.2, -0.15) is 0 Å². The minimum absolute atomic E-state index is 0.0283. The van der Waals surface area contributed by atoms with E-state index in [1.807, 2.05) is 0 Å². The van der Waals surface area contributed by atoms with Crippen LogP contribution in [-0.2, 0) is 4.84 Å². The van der Waals surface area contributed by atoms with Gasteiger partial charge in [0.25, 0.3) is 5.91 Å². The van der Waals surface area contributed by atoms with Crippen LogP contribution in [0.2, 0.25) is 5.02 Å². The molecule has 0 saturated heterocycles. The van der Waals surface area contributed by atoms with E-state index in [1.165, 1.54) is 0 Å². The number of hydrogen-bond acceptors (Lipinski definition) is 2. The molecule has 1 rings (SSSR count). The van der Waals surface area contributed by atoms with Crippen molar-refractivity contribution in [1.29, 1.82) is 0 Å². The third-order valence-electron chi connectivity index (χ3n) is 1.50. The summed E-state index contributed by atoms with van der Waals surface area (Å²) in [6, 6.07) is 4.79. The first kappa shape index (κ1) is 12.1. The van der Waals surface area contributed by atoms with Crippen molar-refractivity contribution in [2.24, 2.45) is 0 Å². The first-order valence-corrected chi connectivity index (χ1v) is 5.13. The average Bonchev–Trinajstić information content (AvgIpc) is 2.22. The Morgan fingerprint density at radius 3 is 3.00 bits per heavy atom. The molecule has 0 atom stereocenters. The van der Waals surface area contributed by atoms with Gasteiger partial charge in [0.1, 0.15) is 6.61 Å². The smallest absolute Gasteiger partial charge is 0.267 e. The van der Waals surface area contributed by atoms with Crippen molar-refractivity contribution in [3.8, 4) is 12.3 Å². The maximum Gasteiger partial charge on any atom is 0.274 e. The monoisotopic (exact) mass is 287 g/mol. The average molecular weight is 289 g/mol. The van der Waals surface area contributed by atoms with Crippen LogP contribution in [0.25, 0.3) is 0 Å². The van der Waals surface area contributed by atoms with Crippen molar-refractivity contribution in [2.75, 3.05) is 6.61 Å². The van der Waals surface area contributed by atoms with Gasteiger partial charge in [0.2, 0.25) is 0 Å². The zero-order valence-electron chi connectivity index (χ0n) is 7.59. The Hall–Kier alpha value is -1.02. The molecule has 0 heterocycles. The molecule has 0 spiro atoms. The second kappa shape index (κ2) is 5.76. The van der Waals surface area contributed by atoms with E-state index >= 15 is 0 Å². The lowest BCUT2D eigenvalue weighted by atomic mass is 10.2. The number of carbonyl (C=O) groups excluding carboxylic acids is 1. The number of hydrogen-bond donors (Lipinski definition) is 1. The molecule has 0 aromatic heterocycles. The van der Waals surface area contributed by atoms with Crippen LogP contribution in [-0.4, -0.2) is 12.5 Å². The number of halogens is 2. The van der Waals surface area contributed by atoms with E-state index in [1.54, 1.807) is 18.2 Å². The van der Waals surface area contributed by atoms with Gasteiger partial charge in [-0.3, -0.25) is 9.63 Å². The summed E-state index contributed by atoms with van der Waals surface area (Å²) in [5.74, 6) is 1.86. The molecule has 1 aromatic carbocycles. The highest BCUT2D eigenvalue weighted by molar-refractivity contribution is 9.10. The molecule has 1 aromatic rings. The van der Waals surface area contributed by atoms with E-state index in [0.29, 0.717) is 15.1 Å². The molecule has 3 nitrogen and oxygen atoms in total. The Labute approximate surface area is 101 Å². The molecule has 0 aliphatic carbocycles. The quantitative estimate of drug-likeness (QED) is 0.527. The summed E-state index contributed by atoms with van der Waals surface area (Å²) >= 11 is 8.99. The summed E-state index contributed by atoms with van der Waals surface area (Å²) in [6.07, 6.45) is 4.95. The van der Waals surface area contributed by atoms with Crippen LogP contribution in [0.4, 0.5) is 0 Å². The molecule has 78 valence electrons. The standard InChI is InChI=1S/C10H7BrClNO2/c1-2-5-15-13-10(14)7-3-4-9(12)8(11)6-7/h1,3-4,6H,5H2,(H,13,14). The molecule has 0 saturated carbocycles. The lowest BCUT2D eigenvalue weighted by Crippen LogP contribution is -2.23. The maximum atomic E-state index is 11.4. The molecule has 1 amide bonds. The van der Waals surface area contributed by atoms with E-state index < -0.39 is 0 Å². The van der Waals surface area contributed by atoms with E-state index in [9.17, 15) is 4.79 Å². The number of hydroxylamine groups is 1. The Bertz CT molecular complexity index is 414. The fourth-order valence-electron chi connectivity index (χ4n) is 0.840. The molecule has 5 heteroatoms. The number of benzene rings is 1. The number of amides is 1. The van der Waals surface area contributed by atoms with Crippen molar-refractivity contribution in [1.82, 2.24) is 5.48 Å². The Morgan fingerprint density at radius 2 is 2.40 bits per heavy atom. The number of rotatable bonds is 3. The predicted molar refractivity (Wildman–Crippen MR) is 61.4 cm³/mol. The molecular formula is C10H7BrClNO2. The van der Waals surface area contributed by atoms with Gasteiger partial charge in [-0.05, 0) is 34.1 Å². The van der Waals surface area contributed by atoms with Crippen molar-refractivity contribution in [3.63, 3.8) is 0 Å². The van der Waals surface area contributed by atoms with Crippen molar-refractivity contribution < 1.29 is 9.63 Å². The third kappa shape index (κ3) is 3.56. The zero-order chi connectivity index (χ0) is 11.3. The summed E-state index contributed by atoms with van der Waals surface area (Å²) in [4.78, 5) is 16.1. The van der Waals surface area contributed by atoms with Gasteiger partial charge in [-0.25, -0.2) is 5.48 Å². The van der Waals surface area contributed by atoms with Gasteiger partial charge < -0.3 is 0 Å².